The number of aryl methyl sites for hydroxylation is 2. The first-order valence-corrected chi connectivity index (χ1v) is 7.86. The van der Waals surface area contributed by atoms with E-state index in [1.165, 1.54) is 11.3 Å². The van der Waals surface area contributed by atoms with Crippen LogP contribution in [0, 0.1) is 13.8 Å². The van der Waals surface area contributed by atoms with Crippen molar-refractivity contribution in [2.45, 2.75) is 20.0 Å². The summed E-state index contributed by atoms with van der Waals surface area (Å²) >= 11 is 1.45. The van der Waals surface area contributed by atoms with Crippen molar-refractivity contribution in [1.82, 2.24) is 14.6 Å². The second kappa shape index (κ2) is 6.33. The van der Waals surface area contributed by atoms with Gasteiger partial charge in [0.25, 0.3) is 0 Å². The largest absolute Gasteiger partial charge is 0.491 e. The highest BCUT2D eigenvalue weighted by Crippen LogP contribution is 2.19. The summed E-state index contributed by atoms with van der Waals surface area (Å²) in [6.07, 6.45) is 1.26. The molecule has 0 amide bonds. The first-order chi connectivity index (χ1) is 10.6. The highest BCUT2D eigenvalue weighted by atomic mass is 32.1. The van der Waals surface area contributed by atoms with Crippen LogP contribution >= 0.6 is 11.3 Å². The summed E-state index contributed by atoms with van der Waals surface area (Å²) in [4.78, 5) is 5.18. The molecule has 0 saturated carbocycles. The predicted molar refractivity (Wildman–Crippen MR) is 86.8 cm³/mol. The molecule has 2 heterocycles. The SMILES string of the molecule is Cc1cccc(OC[C@H](O)CNc2nn3cc(C)nc3s2)c1. The summed E-state index contributed by atoms with van der Waals surface area (Å²) in [6.45, 7) is 4.55. The van der Waals surface area contributed by atoms with Gasteiger partial charge < -0.3 is 15.2 Å². The van der Waals surface area contributed by atoms with Gasteiger partial charge in [-0.15, -0.1) is 5.10 Å². The number of anilines is 1. The van der Waals surface area contributed by atoms with Gasteiger partial charge in [0.2, 0.25) is 10.1 Å². The summed E-state index contributed by atoms with van der Waals surface area (Å²) in [5.74, 6) is 0.766. The maximum atomic E-state index is 9.98. The van der Waals surface area contributed by atoms with E-state index in [0.29, 0.717) is 6.54 Å². The molecular weight excluding hydrogens is 300 g/mol. The van der Waals surface area contributed by atoms with Crippen LogP contribution in [0.5, 0.6) is 5.75 Å². The zero-order valence-corrected chi connectivity index (χ0v) is 13.3. The zero-order valence-electron chi connectivity index (χ0n) is 12.5. The van der Waals surface area contributed by atoms with Crippen molar-refractivity contribution in [2.75, 3.05) is 18.5 Å². The standard InChI is InChI=1S/C15H18N4O2S/c1-10-4-3-5-13(6-10)21-9-12(20)7-16-14-18-19-8-11(2)17-15(19)22-14/h3-6,8,12,20H,7,9H2,1-2H3,(H,16,18)/t12-/m1/s1. The lowest BCUT2D eigenvalue weighted by molar-refractivity contribution is 0.117. The molecule has 3 aromatic rings. The van der Waals surface area contributed by atoms with E-state index in [-0.39, 0.29) is 6.61 Å². The Morgan fingerprint density at radius 2 is 2.27 bits per heavy atom. The van der Waals surface area contributed by atoms with E-state index in [2.05, 4.69) is 15.4 Å². The average molecular weight is 318 g/mol. The fourth-order valence-corrected chi connectivity index (χ4v) is 2.88. The number of rotatable bonds is 6. The van der Waals surface area contributed by atoms with E-state index in [9.17, 15) is 5.11 Å². The smallest absolute Gasteiger partial charge is 0.214 e. The van der Waals surface area contributed by atoms with Crippen molar-refractivity contribution >= 4 is 21.4 Å². The Morgan fingerprint density at radius 1 is 1.41 bits per heavy atom. The van der Waals surface area contributed by atoms with Crippen LogP contribution < -0.4 is 10.1 Å². The number of fused-ring (bicyclic) bond motifs is 1. The molecule has 7 heteroatoms. The lowest BCUT2D eigenvalue weighted by atomic mass is 10.2. The predicted octanol–water partition coefficient (Wildman–Crippen LogP) is 2.26. The number of aromatic nitrogens is 3. The number of imidazole rings is 1. The van der Waals surface area contributed by atoms with Gasteiger partial charge in [0.05, 0.1) is 11.9 Å². The Hall–Kier alpha value is -2.12. The second-order valence-electron chi connectivity index (χ2n) is 5.18. The number of aliphatic hydroxyl groups excluding tert-OH is 1. The number of ether oxygens (including phenoxy) is 1. The van der Waals surface area contributed by atoms with Crippen LogP contribution in [0.4, 0.5) is 5.13 Å². The average Bonchev–Trinajstić information content (AvgIpc) is 3.00. The van der Waals surface area contributed by atoms with Crippen LogP contribution in [0.25, 0.3) is 4.96 Å². The van der Waals surface area contributed by atoms with Gasteiger partial charge in [-0.25, -0.2) is 9.50 Å². The normalized spacial score (nSPS) is 12.5. The minimum Gasteiger partial charge on any atom is -0.491 e. The number of nitrogens with one attached hydrogen (secondary N) is 1. The summed E-state index contributed by atoms with van der Waals surface area (Å²) in [5.41, 5.74) is 2.07. The molecule has 0 radical (unpaired) electrons. The molecule has 3 rings (SSSR count). The lowest BCUT2D eigenvalue weighted by Crippen LogP contribution is -2.26. The van der Waals surface area contributed by atoms with E-state index in [4.69, 9.17) is 4.74 Å². The summed E-state index contributed by atoms with van der Waals surface area (Å²) in [5, 5.41) is 18.2. The molecule has 0 aliphatic heterocycles. The number of hydrogen-bond donors (Lipinski definition) is 2. The van der Waals surface area contributed by atoms with Crippen molar-refractivity contribution in [1.29, 1.82) is 0 Å². The maximum absolute atomic E-state index is 9.98. The molecule has 116 valence electrons. The molecule has 22 heavy (non-hydrogen) atoms. The lowest BCUT2D eigenvalue weighted by Gasteiger charge is -2.12. The number of hydrogen-bond acceptors (Lipinski definition) is 6. The molecule has 2 N–H and O–H groups in total. The van der Waals surface area contributed by atoms with Gasteiger partial charge in [-0.05, 0) is 31.5 Å². The van der Waals surface area contributed by atoms with Crippen molar-refractivity contribution in [3.63, 3.8) is 0 Å². The van der Waals surface area contributed by atoms with Crippen molar-refractivity contribution < 1.29 is 9.84 Å². The molecular formula is C15H18N4O2S. The van der Waals surface area contributed by atoms with Gasteiger partial charge in [0.15, 0.2) is 0 Å². The third kappa shape index (κ3) is 3.55. The van der Waals surface area contributed by atoms with Crippen LogP contribution in [0.15, 0.2) is 30.5 Å². The molecule has 2 aromatic heterocycles. The van der Waals surface area contributed by atoms with Gasteiger partial charge in [-0.2, -0.15) is 0 Å². The second-order valence-corrected chi connectivity index (χ2v) is 6.13. The van der Waals surface area contributed by atoms with E-state index >= 15 is 0 Å². The molecule has 0 aliphatic carbocycles. The van der Waals surface area contributed by atoms with Gasteiger partial charge in [-0.1, -0.05) is 23.5 Å². The fourth-order valence-electron chi connectivity index (χ4n) is 2.04. The van der Waals surface area contributed by atoms with E-state index < -0.39 is 6.10 Å². The van der Waals surface area contributed by atoms with E-state index in [1.807, 2.05) is 44.3 Å². The molecule has 0 aliphatic rings. The Kier molecular flexibility index (Phi) is 4.26. The number of nitrogens with zero attached hydrogens (tertiary/aromatic N) is 3. The first kappa shape index (κ1) is 14.8. The minimum absolute atomic E-state index is 0.234. The van der Waals surface area contributed by atoms with Crippen LogP contribution in [0.3, 0.4) is 0 Å². The molecule has 0 spiro atoms. The quantitative estimate of drug-likeness (QED) is 0.729. The van der Waals surface area contributed by atoms with Gasteiger partial charge in [-0.3, -0.25) is 0 Å². The van der Waals surface area contributed by atoms with Crippen LogP contribution in [0.1, 0.15) is 11.3 Å². The van der Waals surface area contributed by atoms with Crippen molar-refractivity contribution in [3.8, 4) is 5.75 Å². The summed E-state index contributed by atoms with van der Waals surface area (Å²) < 4.78 is 7.31. The zero-order chi connectivity index (χ0) is 15.5. The van der Waals surface area contributed by atoms with Gasteiger partial charge in [0, 0.05) is 6.54 Å². The Labute approximate surface area is 132 Å². The minimum atomic E-state index is -0.613. The molecule has 0 bridgehead atoms. The Morgan fingerprint density at radius 3 is 3.05 bits per heavy atom. The van der Waals surface area contributed by atoms with Crippen LogP contribution in [0.2, 0.25) is 0 Å². The highest BCUT2D eigenvalue weighted by molar-refractivity contribution is 7.20. The van der Waals surface area contributed by atoms with E-state index in [0.717, 1.165) is 27.1 Å². The molecule has 1 atom stereocenters. The van der Waals surface area contributed by atoms with Gasteiger partial charge >= 0.3 is 0 Å². The van der Waals surface area contributed by atoms with Gasteiger partial charge in [0.1, 0.15) is 18.5 Å². The first-order valence-electron chi connectivity index (χ1n) is 7.04. The topological polar surface area (TPSA) is 71.7 Å². The third-order valence-electron chi connectivity index (χ3n) is 3.08. The summed E-state index contributed by atoms with van der Waals surface area (Å²) in [6, 6.07) is 7.76. The number of benzene rings is 1. The van der Waals surface area contributed by atoms with E-state index in [1.54, 1.807) is 4.52 Å². The molecule has 1 aromatic carbocycles. The Bertz CT molecular complexity index is 736. The Balaban J connectivity index is 1.49. The molecule has 0 unspecified atom stereocenters. The molecule has 0 fully saturated rings. The van der Waals surface area contributed by atoms with Crippen LogP contribution in [-0.4, -0.2) is 39.0 Å². The maximum Gasteiger partial charge on any atom is 0.214 e. The highest BCUT2D eigenvalue weighted by Gasteiger charge is 2.09. The summed E-state index contributed by atoms with van der Waals surface area (Å²) in [7, 11) is 0. The van der Waals surface area contributed by atoms with Crippen LogP contribution in [-0.2, 0) is 0 Å². The fraction of sp³-hybridized carbons (Fsp3) is 0.333. The van der Waals surface area contributed by atoms with Crippen molar-refractivity contribution in [3.05, 3.63) is 41.7 Å². The van der Waals surface area contributed by atoms with Crippen molar-refractivity contribution in [2.24, 2.45) is 0 Å². The number of aliphatic hydroxyl groups is 1. The monoisotopic (exact) mass is 318 g/mol. The molecule has 6 nitrogen and oxygen atoms in total. The third-order valence-corrected chi connectivity index (χ3v) is 3.96. The molecule has 0 saturated heterocycles.